The van der Waals surface area contributed by atoms with Gasteiger partial charge in [0.25, 0.3) is 0 Å². The van der Waals surface area contributed by atoms with Gasteiger partial charge < -0.3 is 5.73 Å². The highest BCUT2D eigenvalue weighted by Crippen LogP contribution is 2.15. The molecule has 0 aliphatic rings. The first-order valence-corrected chi connectivity index (χ1v) is 4.36. The van der Waals surface area contributed by atoms with E-state index in [2.05, 4.69) is 22.6 Å². The molecule has 0 fully saturated rings. The van der Waals surface area contributed by atoms with E-state index in [1.807, 2.05) is 12.1 Å². The third kappa shape index (κ3) is 3.16. The van der Waals surface area contributed by atoms with E-state index in [0.29, 0.717) is 10.6 Å². The van der Waals surface area contributed by atoms with Gasteiger partial charge in [-0.3, -0.25) is 5.41 Å². The molecule has 0 bridgehead atoms. The van der Waals surface area contributed by atoms with Gasteiger partial charge in [-0.25, -0.2) is 0 Å². The third-order valence-electron chi connectivity index (χ3n) is 1.17. The second-order valence-corrected chi connectivity index (χ2v) is 3.75. The predicted octanol–water partition coefficient (Wildman–Crippen LogP) is 2.65. The van der Waals surface area contributed by atoms with Crippen LogP contribution in [0.3, 0.4) is 0 Å². The molecule has 0 spiro atoms. The Labute approximate surface area is 95.5 Å². The Balaban J connectivity index is 0.00000121. The van der Waals surface area contributed by atoms with Crippen LogP contribution in [0, 0.1) is 8.98 Å². The Kier molecular flexibility index (Phi) is 4.89. The van der Waals surface area contributed by atoms with Crippen LogP contribution >= 0.6 is 46.6 Å². The number of amidine groups is 1. The van der Waals surface area contributed by atoms with Gasteiger partial charge in [-0.05, 0) is 40.8 Å². The van der Waals surface area contributed by atoms with E-state index in [4.69, 9.17) is 22.7 Å². The number of benzene rings is 1. The largest absolute Gasteiger partial charge is 0.384 e. The molecular weight excluding hydrogens is 310 g/mol. The smallest absolute Gasteiger partial charge is 0.122 e. The summed E-state index contributed by atoms with van der Waals surface area (Å²) in [6, 6.07) is 5.30. The molecule has 66 valence electrons. The minimum Gasteiger partial charge on any atom is -0.384 e. The number of rotatable bonds is 1. The van der Waals surface area contributed by atoms with Gasteiger partial charge in [0, 0.05) is 14.2 Å². The molecule has 3 N–H and O–H groups in total. The summed E-state index contributed by atoms with van der Waals surface area (Å²) in [5.74, 6) is 0.0467. The van der Waals surface area contributed by atoms with E-state index in [0.717, 1.165) is 3.57 Å². The van der Waals surface area contributed by atoms with E-state index in [1.165, 1.54) is 0 Å². The number of hydrogen-bond donors (Lipinski definition) is 2. The molecule has 5 heteroatoms. The van der Waals surface area contributed by atoms with Crippen LogP contribution in [0.15, 0.2) is 18.2 Å². The lowest BCUT2D eigenvalue weighted by Crippen LogP contribution is -2.10. The molecule has 0 aromatic heterocycles. The molecular formula is C7H7Cl2IN2. The average Bonchev–Trinajstić information content (AvgIpc) is 1.85. The third-order valence-corrected chi connectivity index (χ3v) is 2.01. The minimum absolute atomic E-state index is 0. The van der Waals surface area contributed by atoms with Gasteiger partial charge in [0.2, 0.25) is 0 Å². The molecule has 0 aliphatic heterocycles. The van der Waals surface area contributed by atoms with Gasteiger partial charge in [-0.2, -0.15) is 0 Å². The summed E-state index contributed by atoms with van der Waals surface area (Å²) >= 11 is 7.86. The highest BCUT2D eigenvalue weighted by atomic mass is 127. The first-order chi connectivity index (χ1) is 5.09. The zero-order chi connectivity index (χ0) is 8.43. The van der Waals surface area contributed by atoms with Crippen LogP contribution in [0.25, 0.3) is 0 Å². The fourth-order valence-electron chi connectivity index (χ4n) is 0.709. The summed E-state index contributed by atoms with van der Waals surface area (Å²) in [5, 5.41) is 7.76. The number of nitrogens with two attached hydrogens (primary N) is 1. The molecule has 0 unspecified atom stereocenters. The first-order valence-electron chi connectivity index (χ1n) is 2.90. The van der Waals surface area contributed by atoms with Crippen LogP contribution < -0.4 is 5.73 Å². The molecule has 0 atom stereocenters. The maximum atomic E-state index is 7.14. The predicted molar refractivity (Wildman–Crippen MR) is 62.4 cm³/mol. The number of halogens is 3. The zero-order valence-electron chi connectivity index (χ0n) is 5.97. The molecule has 0 amide bonds. The topological polar surface area (TPSA) is 49.9 Å². The molecule has 0 aliphatic carbocycles. The van der Waals surface area contributed by atoms with Crippen molar-refractivity contribution in [2.45, 2.75) is 0 Å². The quantitative estimate of drug-likeness (QED) is 0.467. The van der Waals surface area contributed by atoms with Crippen LogP contribution in [0.1, 0.15) is 5.56 Å². The fourth-order valence-corrected chi connectivity index (χ4v) is 1.80. The van der Waals surface area contributed by atoms with Crippen molar-refractivity contribution in [2.75, 3.05) is 0 Å². The zero-order valence-corrected chi connectivity index (χ0v) is 9.70. The SMILES string of the molecule is Cl.N=C(N)c1cc(Cl)cc(I)c1. The Bertz CT molecular complexity index is 281. The van der Waals surface area contributed by atoms with Gasteiger partial charge >= 0.3 is 0 Å². The Morgan fingerprint density at radius 1 is 1.42 bits per heavy atom. The van der Waals surface area contributed by atoms with Crippen molar-refractivity contribution in [3.63, 3.8) is 0 Å². The lowest BCUT2D eigenvalue weighted by molar-refractivity contribution is 1.42. The van der Waals surface area contributed by atoms with Crippen molar-refractivity contribution >= 4 is 52.4 Å². The Hall–Kier alpha value is -0.000000000000000111. The highest BCUT2D eigenvalue weighted by molar-refractivity contribution is 14.1. The second-order valence-electron chi connectivity index (χ2n) is 2.07. The standard InChI is InChI=1S/C7H6ClIN2.ClH/c8-5-1-4(7(10)11)2-6(9)3-5;/h1-3H,(H3,10,11);1H. The maximum Gasteiger partial charge on any atom is 0.122 e. The van der Waals surface area contributed by atoms with Gasteiger partial charge in [0.1, 0.15) is 5.84 Å². The van der Waals surface area contributed by atoms with Gasteiger partial charge in [0.15, 0.2) is 0 Å². The summed E-state index contributed by atoms with van der Waals surface area (Å²) in [7, 11) is 0. The average molecular weight is 317 g/mol. The summed E-state index contributed by atoms with van der Waals surface area (Å²) in [5.41, 5.74) is 5.94. The van der Waals surface area contributed by atoms with E-state index in [-0.39, 0.29) is 18.2 Å². The Morgan fingerprint density at radius 3 is 2.42 bits per heavy atom. The van der Waals surface area contributed by atoms with Crippen molar-refractivity contribution in [3.05, 3.63) is 32.4 Å². The second kappa shape index (κ2) is 4.89. The molecule has 0 radical (unpaired) electrons. The summed E-state index contributed by atoms with van der Waals surface area (Å²) in [6.07, 6.45) is 0. The van der Waals surface area contributed by atoms with Crippen LogP contribution in [0.5, 0.6) is 0 Å². The summed E-state index contributed by atoms with van der Waals surface area (Å²) in [4.78, 5) is 0. The van der Waals surface area contributed by atoms with Gasteiger partial charge in [-0.15, -0.1) is 12.4 Å². The van der Waals surface area contributed by atoms with E-state index >= 15 is 0 Å². The van der Waals surface area contributed by atoms with E-state index < -0.39 is 0 Å². The molecule has 2 nitrogen and oxygen atoms in total. The van der Waals surface area contributed by atoms with Crippen molar-refractivity contribution in [2.24, 2.45) is 5.73 Å². The summed E-state index contributed by atoms with van der Waals surface area (Å²) in [6.45, 7) is 0. The number of hydrogen-bond acceptors (Lipinski definition) is 1. The molecule has 1 rings (SSSR count). The van der Waals surface area contributed by atoms with Crippen molar-refractivity contribution in [1.29, 1.82) is 5.41 Å². The molecule has 0 heterocycles. The molecule has 0 saturated carbocycles. The van der Waals surface area contributed by atoms with Crippen LogP contribution in [0.4, 0.5) is 0 Å². The van der Waals surface area contributed by atoms with Crippen molar-refractivity contribution in [3.8, 4) is 0 Å². The van der Waals surface area contributed by atoms with Crippen molar-refractivity contribution in [1.82, 2.24) is 0 Å². The van der Waals surface area contributed by atoms with E-state index in [9.17, 15) is 0 Å². The minimum atomic E-state index is 0. The van der Waals surface area contributed by atoms with Crippen LogP contribution in [0.2, 0.25) is 5.02 Å². The number of nitrogen functional groups attached to an aromatic ring is 1. The highest BCUT2D eigenvalue weighted by Gasteiger charge is 1.98. The Morgan fingerprint density at radius 2 is 2.00 bits per heavy atom. The normalized spacial score (nSPS) is 8.83. The fraction of sp³-hybridized carbons (Fsp3) is 0. The van der Waals surface area contributed by atoms with Crippen molar-refractivity contribution < 1.29 is 0 Å². The molecule has 12 heavy (non-hydrogen) atoms. The molecule has 1 aromatic rings. The van der Waals surface area contributed by atoms with Gasteiger partial charge in [0.05, 0.1) is 0 Å². The summed E-state index contributed by atoms with van der Waals surface area (Å²) < 4.78 is 0.986. The lowest BCUT2D eigenvalue weighted by atomic mass is 10.2. The van der Waals surface area contributed by atoms with Gasteiger partial charge in [-0.1, -0.05) is 11.6 Å². The van der Waals surface area contributed by atoms with Crippen LogP contribution in [-0.4, -0.2) is 5.84 Å². The van der Waals surface area contributed by atoms with E-state index in [1.54, 1.807) is 6.07 Å². The lowest BCUT2D eigenvalue weighted by Gasteiger charge is -1.99. The first kappa shape index (κ1) is 12.0. The molecule has 0 saturated heterocycles. The van der Waals surface area contributed by atoms with Crippen LogP contribution in [-0.2, 0) is 0 Å². The molecule has 1 aromatic carbocycles. The maximum absolute atomic E-state index is 7.14. The monoisotopic (exact) mass is 316 g/mol. The number of nitrogens with one attached hydrogen (secondary N) is 1.